The van der Waals surface area contributed by atoms with Crippen LogP contribution in [0.3, 0.4) is 0 Å². The van der Waals surface area contributed by atoms with Gasteiger partial charge in [-0.05, 0) is 6.07 Å². The largest absolute Gasteiger partial charge is 0.267 e. The molecule has 0 aliphatic carbocycles. The van der Waals surface area contributed by atoms with Crippen LogP contribution in [0.2, 0.25) is 0 Å². The second kappa shape index (κ2) is 2.81. The van der Waals surface area contributed by atoms with Crippen molar-refractivity contribution in [3.63, 3.8) is 0 Å². The molecule has 2 rings (SSSR count). The van der Waals surface area contributed by atoms with Gasteiger partial charge in [-0.1, -0.05) is 0 Å². The second-order valence-corrected chi connectivity index (χ2v) is 5.20. The van der Waals surface area contributed by atoms with Gasteiger partial charge >= 0.3 is 0 Å². The van der Waals surface area contributed by atoms with Crippen molar-refractivity contribution in [2.24, 2.45) is 0 Å². The van der Waals surface area contributed by atoms with Gasteiger partial charge in [-0.2, -0.15) is 9.40 Å². The molecule has 0 atom stereocenters. The molecule has 0 saturated carbocycles. The molecule has 72 valence electrons. The lowest BCUT2D eigenvalue weighted by Crippen LogP contribution is -2.50. The third-order valence-electron chi connectivity index (χ3n) is 2.20. The summed E-state index contributed by atoms with van der Waals surface area (Å²) in [5.41, 5.74) is 0. The van der Waals surface area contributed by atoms with E-state index < -0.39 is 10.0 Å². The van der Waals surface area contributed by atoms with Gasteiger partial charge in [0.25, 0.3) is 0 Å². The van der Waals surface area contributed by atoms with Crippen molar-refractivity contribution in [3.8, 4) is 0 Å². The molecule has 1 aromatic heterocycles. The van der Waals surface area contributed by atoms with E-state index in [1.807, 2.05) is 12.3 Å². The Hall–Kier alpha value is -0.880. The Morgan fingerprint density at radius 3 is 2.62 bits per heavy atom. The van der Waals surface area contributed by atoms with Gasteiger partial charge in [0.1, 0.15) is 0 Å². The van der Waals surface area contributed by atoms with Crippen LogP contribution in [0.5, 0.6) is 0 Å². The molecule has 0 bridgehead atoms. The van der Waals surface area contributed by atoms with Gasteiger partial charge in [0.05, 0.1) is 12.3 Å². The SMILES string of the molecule is CS(=O)(=O)N1CC(n2cccn2)C1. The van der Waals surface area contributed by atoms with E-state index in [4.69, 9.17) is 0 Å². The summed E-state index contributed by atoms with van der Waals surface area (Å²) in [6, 6.07) is 2.05. The van der Waals surface area contributed by atoms with Crippen LogP contribution >= 0.6 is 0 Å². The maximum absolute atomic E-state index is 11.0. The molecular weight excluding hydrogens is 190 g/mol. The highest BCUT2D eigenvalue weighted by Gasteiger charge is 2.34. The average molecular weight is 201 g/mol. The van der Waals surface area contributed by atoms with E-state index in [-0.39, 0.29) is 6.04 Å². The van der Waals surface area contributed by atoms with E-state index in [1.165, 1.54) is 10.6 Å². The van der Waals surface area contributed by atoms with Crippen molar-refractivity contribution < 1.29 is 8.42 Å². The summed E-state index contributed by atoms with van der Waals surface area (Å²) in [7, 11) is -3.00. The predicted molar refractivity (Wildman–Crippen MR) is 47.7 cm³/mol. The smallest absolute Gasteiger partial charge is 0.211 e. The van der Waals surface area contributed by atoms with E-state index in [9.17, 15) is 8.42 Å². The van der Waals surface area contributed by atoms with Crippen molar-refractivity contribution in [1.82, 2.24) is 14.1 Å². The van der Waals surface area contributed by atoms with Gasteiger partial charge in [-0.15, -0.1) is 0 Å². The number of aromatic nitrogens is 2. The van der Waals surface area contributed by atoms with E-state index in [2.05, 4.69) is 5.10 Å². The first-order valence-electron chi connectivity index (χ1n) is 4.01. The van der Waals surface area contributed by atoms with Gasteiger partial charge in [-0.25, -0.2) is 8.42 Å². The maximum Gasteiger partial charge on any atom is 0.211 e. The highest BCUT2D eigenvalue weighted by molar-refractivity contribution is 7.88. The molecule has 6 heteroatoms. The highest BCUT2D eigenvalue weighted by atomic mass is 32.2. The monoisotopic (exact) mass is 201 g/mol. The average Bonchev–Trinajstić information content (AvgIpc) is 2.31. The number of sulfonamides is 1. The van der Waals surface area contributed by atoms with Crippen LogP contribution in [0.1, 0.15) is 6.04 Å². The molecule has 2 heterocycles. The van der Waals surface area contributed by atoms with E-state index in [1.54, 1.807) is 10.9 Å². The van der Waals surface area contributed by atoms with E-state index in [0.717, 1.165) is 0 Å². The lowest BCUT2D eigenvalue weighted by atomic mass is 10.2. The standard InChI is InChI=1S/C7H11N3O2S/c1-13(11,12)9-5-7(6-9)10-4-2-3-8-10/h2-4,7H,5-6H2,1H3. The van der Waals surface area contributed by atoms with Crippen molar-refractivity contribution in [2.45, 2.75) is 6.04 Å². The Morgan fingerprint density at radius 1 is 1.46 bits per heavy atom. The Labute approximate surface area is 77.0 Å². The zero-order valence-corrected chi connectivity index (χ0v) is 8.11. The summed E-state index contributed by atoms with van der Waals surface area (Å²) in [6.45, 7) is 1.08. The number of hydrogen-bond acceptors (Lipinski definition) is 3. The summed E-state index contributed by atoms with van der Waals surface area (Å²) in [4.78, 5) is 0. The van der Waals surface area contributed by atoms with E-state index in [0.29, 0.717) is 13.1 Å². The first kappa shape index (κ1) is 8.71. The normalized spacial score (nSPS) is 20.1. The number of nitrogens with zero attached hydrogens (tertiary/aromatic N) is 3. The zero-order chi connectivity index (χ0) is 9.47. The lowest BCUT2D eigenvalue weighted by molar-refractivity contribution is 0.192. The fourth-order valence-corrected chi connectivity index (χ4v) is 2.24. The number of rotatable bonds is 2. The van der Waals surface area contributed by atoms with Crippen molar-refractivity contribution >= 4 is 10.0 Å². The van der Waals surface area contributed by atoms with Gasteiger partial charge in [0.2, 0.25) is 10.0 Å². The first-order chi connectivity index (χ1) is 6.07. The van der Waals surface area contributed by atoms with Crippen LogP contribution in [0.25, 0.3) is 0 Å². The maximum atomic E-state index is 11.0. The molecule has 1 aromatic rings. The van der Waals surface area contributed by atoms with Gasteiger partial charge < -0.3 is 0 Å². The first-order valence-corrected chi connectivity index (χ1v) is 5.86. The summed E-state index contributed by atoms with van der Waals surface area (Å²) in [5.74, 6) is 0. The minimum atomic E-state index is -3.00. The van der Waals surface area contributed by atoms with Crippen LogP contribution < -0.4 is 0 Å². The molecule has 5 nitrogen and oxygen atoms in total. The van der Waals surface area contributed by atoms with Crippen molar-refractivity contribution in [1.29, 1.82) is 0 Å². The summed E-state index contributed by atoms with van der Waals surface area (Å²) in [6.07, 6.45) is 4.78. The van der Waals surface area contributed by atoms with Crippen LogP contribution in [0, 0.1) is 0 Å². The molecule has 0 aromatic carbocycles. The molecule has 0 N–H and O–H groups in total. The fraction of sp³-hybridized carbons (Fsp3) is 0.571. The molecule has 1 aliphatic rings. The van der Waals surface area contributed by atoms with Crippen LogP contribution in [-0.2, 0) is 10.0 Å². The van der Waals surface area contributed by atoms with Crippen molar-refractivity contribution in [3.05, 3.63) is 18.5 Å². The highest BCUT2D eigenvalue weighted by Crippen LogP contribution is 2.22. The molecule has 0 amide bonds. The summed E-state index contributed by atoms with van der Waals surface area (Å²) in [5, 5.41) is 4.05. The molecule has 13 heavy (non-hydrogen) atoms. The Morgan fingerprint density at radius 2 is 2.15 bits per heavy atom. The molecule has 0 unspecified atom stereocenters. The lowest BCUT2D eigenvalue weighted by Gasteiger charge is -2.36. The van der Waals surface area contributed by atoms with Gasteiger partial charge in [0.15, 0.2) is 0 Å². The second-order valence-electron chi connectivity index (χ2n) is 3.22. The molecule has 1 fully saturated rings. The Kier molecular flexibility index (Phi) is 1.88. The van der Waals surface area contributed by atoms with E-state index >= 15 is 0 Å². The summed E-state index contributed by atoms with van der Waals surface area (Å²) < 4.78 is 25.3. The van der Waals surface area contributed by atoms with Gasteiger partial charge in [0, 0.05) is 25.5 Å². The molecular formula is C7H11N3O2S. The predicted octanol–water partition coefficient (Wildman–Crippen LogP) is -0.301. The topological polar surface area (TPSA) is 55.2 Å². The quantitative estimate of drug-likeness (QED) is 0.660. The van der Waals surface area contributed by atoms with Gasteiger partial charge in [-0.3, -0.25) is 4.68 Å². The molecule has 0 spiro atoms. The third kappa shape index (κ3) is 1.59. The Balaban J connectivity index is 2.00. The molecule has 1 aliphatic heterocycles. The molecule has 1 saturated heterocycles. The van der Waals surface area contributed by atoms with Crippen LogP contribution in [0.4, 0.5) is 0 Å². The molecule has 0 radical (unpaired) electrons. The minimum Gasteiger partial charge on any atom is -0.267 e. The Bertz CT molecular complexity index is 378. The minimum absolute atomic E-state index is 0.213. The third-order valence-corrected chi connectivity index (χ3v) is 3.43. The van der Waals surface area contributed by atoms with Crippen LogP contribution in [-0.4, -0.2) is 41.8 Å². The summed E-state index contributed by atoms with van der Waals surface area (Å²) >= 11 is 0. The fourth-order valence-electron chi connectivity index (χ4n) is 1.35. The van der Waals surface area contributed by atoms with Crippen molar-refractivity contribution in [2.75, 3.05) is 19.3 Å². The van der Waals surface area contributed by atoms with Crippen LogP contribution in [0.15, 0.2) is 18.5 Å². The number of hydrogen-bond donors (Lipinski definition) is 0. The zero-order valence-electron chi connectivity index (χ0n) is 7.29.